The van der Waals surface area contributed by atoms with Gasteiger partial charge in [0.25, 0.3) is 0 Å². The molecule has 0 heterocycles. The van der Waals surface area contributed by atoms with Crippen LogP contribution < -0.4 is 5.32 Å². The summed E-state index contributed by atoms with van der Waals surface area (Å²) in [6.45, 7) is 6.96. The molecule has 0 aromatic heterocycles. The summed E-state index contributed by atoms with van der Waals surface area (Å²) >= 11 is 1.78. The Kier molecular flexibility index (Phi) is 7.04. The van der Waals surface area contributed by atoms with E-state index in [1.807, 2.05) is 0 Å². The maximum Gasteiger partial charge on any atom is 0.307 e. The molecule has 1 rings (SSSR count). The van der Waals surface area contributed by atoms with Gasteiger partial charge in [0.2, 0.25) is 5.91 Å². The maximum absolute atomic E-state index is 12.4. The molecule has 0 bridgehead atoms. The topological polar surface area (TPSA) is 66.4 Å². The van der Waals surface area contributed by atoms with Crippen LogP contribution in [0.1, 0.15) is 52.9 Å². The molecule has 0 saturated heterocycles. The number of rotatable bonds is 8. The van der Waals surface area contributed by atoms with E-state index >= 15 is 0 Å². The Balaban J connectivity index is 2.67. The van der Waals surface area contributed by atoms with E-state index in [4.69, 9.17) is 0 Å². The quantitative estimate of drug-likeness (QED) is 0.722. The van der Waals surface area contributed by atoms with Crippen LogP contribution >= 0.6 is 11.8 Å². The molecule has 3 atom stereocenters. The standard InChI is InChI=1S/C16H29NO3S/c1-5-11-8-12(13(9-11)15(19)20)14(18)17-10-16(6-2,7-3)21-4/h11-13H,5-10H2,1-4H3,(H,17,18)(H,19,20). The SMILES string of the molecule is CCC1CC(C(=O)O)C(C(=O)NCC(CC)(CC)SC)C1. The van der Waals surface area contributed by atoms with Gasteiger partial charge in [0.15, 0.2) is 0 Å². The van der Waals surface area contributed by atoms with Gasteiger partial charge in [-0.1, -0.05) is 27.2 Å². The number of carboxylic acid groups (broad SMARTS) is 1. The van der Waals surface area contributed by atoms with Gasteiger partial charge in [0.1, 0.15) is 0 Å². The van der Waals surface area contributed by atoms with Gasteiger partial charge in [-0.2, -0.15) is 11.8 Å². The fraction of sp³-hybridized carbons (Fsp3) is 0.875. The number of carbonyl (C=O) groups excluding carboxylic acids is 1. The van der Waals surface area contributed by atoms with Gasteiger partial charge >= 0.3 is 5.97 Å². The molecule has 5 heteroatoms. The summed E-state index contributed by atoms with van der Waals surface area (Å²) < 4.78 is 0.0666. The van der Waals surface area contributed by atoms with Crippen LogP contribution in [0.3, 0.4) is 0 Å². The predicted octanol–water partition coefficient (Wildman–Crippen LogP) is 3.16. The van der Waals surface area contributed by atoms with Crippen molar-refractivity contribution in [3.8, 4) is 0 Å². The molecule has 1 aliphatic rings. The largest absolute Gasteiger partial charge is 0.481 e. The second-order valence-corrected chi connectivity index (χ2v) is 7.38. The third-order valence-electron chi connectivity index (χ3n) is 5.20. The smallest absolute Gasteiger partial charge is 0.307 e. The van der Waals surface area contributed by atoms with Crippen LogP contribution in [0, 0.1) is 17.8 Å². The Morgan fingerprint density at radius 2 is 1.76 bits per heavy atom. The lowest BCUT2D eigenvalue weighted by Crippen LogP contribution is -2.43. The molecule has 1 aliphatic carbocycles. The molecule has 1 saturated carbocycles. The fourth-order valence-corrected chi connectivity index (χ4v) is 4.07. The number of thioether (sulfide) groups is 1. The Labute approximate surface area is 132 Å². The van der Waals surface area contributed by atoms with Gasteiger partial charge in [-0.05, 0) is 37.9 Å². The van der Waals surface area contributed by atoms with E-state index in [-0.39, 0.29) is 16.6 Å². The molecular formula is C16H29NO3S. The monoisotopic (exact) mass is 315 g/mol. The number of carbonyl (C=O) groups is 2. The summed E-state index contributed by atoms with van der Waals surface area (Å²) in [5.41, 5.74) is 0. The third-order valence-corrected chi connectivity index (χ3v) is 6.79. The molecule has 3 unspecified atom stereocenters. The Hall–Kier alpha value is -0.710. The minimum atomic E-state index is -0.826. The maximum atomic E-state index is 12.4. The Bertz CT molecular complexity index is 360. The molecule has 0 radical (unpaired) electrons. The van der Waals surface area contributed by atoms with Gasteiger partial charge < -0.3 is 10.4 Å². The van der Waals surface area contributed by atoms with Crippen molar-refractivity contribution >= 4 is 23.6 Å². The molecule has 4 nitrogen and oxygen atoms in total. The average Bonchev–Trinajstić information content (AvgIpc) is 2.93. The highest BCUT2D eigenvalue weighted by atomic mass is 32.2. The lowest BCUT2D eigenvalue weighted by atomic mass is 9.94. The van der Waals surface area contributed by atoms with E-state index in [0.29, 0.717) is 25.3 Å². The van der Waals surface area contributed by atoms with Gasteiger partial charge in [0.05, 0.1) is 11.8 Å². The highest BCUT2D eigenvalue weighted by Crippen LogP contribution is 2.38. The first-order valence-electron chi connectivity index (χ1n) is 7.98. The zero-order valence-electron chi connectivity index (χ0n) is 13.6. The van der Waals surface area contributed by atoms with E-state index in [0.717, 1.165) is 19.3 Å². The highest BCUT2D eigenvalue weighted by Gasteiger charge is 2.42. The third kappa shape index (κ3) is 4.38. The van der Waals surface area contributed by atoms with Crippen molar-refractivity contribution in [3.63, 3.8) is 0 Å². The van der Waals surface area contributed by atoms with Crippen LogP contribution in [0.4, 0.5) is 0 Å². The molecule has 122 valence electrons. The molecule has 21 heavy (non-hydrogen) atoms. The van der Waals surface area contributed by atoms with Crippen molar-refractivity contribution in [2.45, 2.75) is 57.6 Å². The Morgan fingerprint density at radius 1 is 1.19 bits per heavy atom. The van der Waals surface area contributed by atoms with Crippen LogP contribution in [-0.4, -0.2) is 34.5 Å². The van der Waals surface area contributed by atoms with Crippen molar-refractivity contribution in [2.24, 2.45) is 17.8 Å². The van der Waals surface area contributed by atoms with Crippen molar-refractivity contribution in [1.82, 2.24) is 5.32 Å². The molecule has 0 aromatic carbocycles. The number of carboxylic acids is 1. The fourth-order valence-electron chi connectivity index (χ4n) is 3.28. The molecule has 0 spiro atoms. The van der Waals surface area contributed by atoms with E-state index in [9.17, 15) is 14.7 Å². The van der Waals surface area contributed by atoms with Gasteiger partial charge in [0, 0.05) is 11.3 Å². The lowest BCUT2D eigenvalue weighted by Gasteiger charge is -2.30. The summed E-state index contributed by atoms with van der Waals surface area (Å²) in [4.78, 5) is 23.8. The first-order valence-corrected chi connectivity index (χ1v) is 9.21. The summed E-state index contributed by atoms with van der Waals surface area (Å²) in [6, 6.07) is 0. The molecule has 1 amide bonds. The van der Waals surface area contributed by atoms with Crippen LogP contribution in [0.5, 0.6) is 0 Å². The van der Waals surface area contributed by atoms with E-state index in [1.165, 1.54) is 0 Å². The second-order valence-electron chi connectivity index (χ2n) is 6.11. The zero-order chi connectivity index (χ0) is 16.0. The minimum Gasteiger partial charge on any atom is -0.481 e. The average molecular weight is 315 g/mol. The predicted molar refractivity (Wildman–Crippen MR) is 87.5 cm³/mol. The van der Waals surface area contributed by atoms with Crippen LogP contribution in [0.15, 0.2) is 0 Å². The normalized spacial score (nSPS) is 25.8. The van der Waals surface area contributed by atoms with Gasteiger partial charge in [-0.25, -0.2) is 0 Å². The Morgan fingerprint density at radius 3 is 2.19 bits per heavy atom. The first-order chi connectivity index (χ1) is 9.92. The minimum absolute atomic E-state index is 0.0666. The molecule has 0 aromatic rings. The van der Waals surface area contributed by atoms with Crippen molar-refractivity contribution in [1.29, 1.82) is 0 Å². The summed E-state index contributed by atoms with van der Waals surface area (Å²) in [5, 5.41) is 12.4. The highest BCUT2D eigenvalue weighted by molar-refractivity contribution is 8.00. The molecule has 0 aliphatic heterocycles. The van der Waals surface area contributed by atoms with Crippen molar-refractivity contribution in [2.75, 3.05) is 12.8 Å². The number of aliphatic carboxylic acids is 1. The van der Waals surface area contributed by atoms with E-state index < -0.39 is 11.9 Å². The number of hydrogen-bond donors (Lipinski definition) is 2. The van der Waals surface area contributed by atoms with Gasteiger partial charge in [-0.15, -0.1) is 0 Å². The number of amides is 1. The van der Waals surface area contributed by atoms with Crippen LogP contribution in [0.25, 0.3) is 0 Å². The summed E-state index contributed by atoms with van der Waals surface area (Å²) in [7, 11) is 0. The lowest BCUT2D eigenvalue weighted by molar-refractivity contribution is -0.146. The van der Waals surface area contributed by atoms with Crippen molar-refractivity contribution < 1.29 is 14.7 Å². The number of hydrogen-bond acceptors (Lipinski definition) is 3. The van der Waals surface area contributed by atoms with Crippen LogP contribution in [0.2, 0.25) is 0 Å². The number of nitrogens with one attached hydrogen (secondary N) is 1. The molecular weight excluding hydrogens is 286 g/mol. The molecule has 2 N–H and O–H groups in total. The zero-order valence-corrected chi connectivity index (χ0v) is 14.5. The van der Waals surface area contributed by atoms with Gasteiger partial charge in [-0.3, -0.25) is 9.59 Å². The second kappa shape index (κ2) is 8.06. The summed E-state index contributed by atoms with van der Waals surface area (Å²) in [5.74, 6) is -1.40. The molecule has 1 fully saturated rings. The van der Waals surface area contributed by atoms with E-state index in [1.54, 1.807) is 11.8 Å². The first kappa shape index (κ1) is 18.3. The summed E-state index contributed by atoms with van der Waals surface area (Å²) in [6.07, 6.45) is 6.36. The van der Waals surface area contributed by atoms with Crippen molar-refractivity contribution in [3.05, 3.63) is 0 Å². The van der Waals surface area contributed by atoms with E-state index in [2.05, 4.69) is 32.3 Å². The van der Waals surface area contributed by atoms with Crippen LogP contribution in [-0.2, 0) is 9.59 Å².